The highest BCUT2D eigenvalue weighted by Crippen LogP contribution is 2.20. The van der Waals surface area contributed by atoms with Gasteiger partial charge in [-0.3, -0.25) is 9.69 Å². The van der Waals surface area contributed by atoms with E-state index >= 15 is 0 Å². The second-order valence-corrected chi connectivity index (χ2v) is 7.14. The van der Waals surface area contributed by atoms with Gasteiger partial charge >= 0.3 is 0 Å². The third kappa shape index (κ3) is 5.12. The summed E-state index contributed by atoms with van der Waals surface area (Å²) in [4.78, 5) is 16.8. The smallest absolute Gasteiger partial charge is 0.234 e. The molecule has 7 nitrogen and oxygen atoms in total. The summed E-state index contributed by atoms with van der Waals surface area (Å²) in [7, 11) is 2.04. The van der Waals surface area contributed by atoms with Crippen molar-refractivity contribution in [2.75, 3.05) is 44.8 Å². The Hall–Kier alpha value is -1.73. The molecule has 3 heterocycles. The molecule has 2 aliphatic rings. The molecule has 2 aliphatic heterocycles. The number of rotatable bonds is 5. The molecular weight excluding hydrogens is 318 g/mol. The Morgan fingerprint density at radius 2 is 2.12 bits per heavy atom. The van der Waals surface area contributed by atoms with Crippen molar-refractivity contribution in [1.82, 2.24) is 20.4 Å². The fourth-order valence-corrected chi connectivity index (χ4v) is 3.55. The normalized spacial score (nSPS) is 22.2. The number of carbonyl (C=O) groups is 1. The summed E-state index contributed by atoms with van der Waals surface area (Å²) < 4.78 is 5.34. The maximum atomic E-state index is 12.3. The highest BCUT2D eigenvalue weighted by atomic mass is 16.5. The van der Waals surface area contributed by atoms with Crippen molar-refractivity contribution in [3.8, 4) is 0 Å². The number of amides is 1. The molecule has 0 unspecified atom stereocenters. The molecule has 25 heavy (non-hydrogen) atoms. The van der Waals surface area contributed by atoms with Crippen LogP contribution in [0.3, 0.4) is 0 Å². The molecule has 0 spiro atoms. The van der Waals surface area contributed by atoms with Gasteiger partial charge in [-0.15, -0.1) is 5.10 Å². The average Bonchev–Trinajstić information content (AvgIpc) is 2.63. The number of aromatic nitrogens is 2. The van der Waals surface area contributed by atoms with E-state index in [9.17, 15) is 4.79 Å². The van der Waals surface area contributed by atoms with Gasteiger partial charge in [-0.2, -0.15) is 5.10 Å². The van der Waals surface area contributed by atoms with Crippen molar-refractivity contribution >= 4 is 11.7 Å². The van der Waals surface area contributed by atoms with Gasteiger partial charge in [-0.1, -0.05) is 0 Å². The van der Waals surface area contributed by atoms with Crippen LogP contribution in [0.5, 0.6) is 0 Å². The van der Waals surface area contributed by atoms with Gasteiger partial charge in [0.15, 0.2) is 5.82 Å². The molecule has 2 fully saturated rings. The number of ether oxygens (including phenoxy) is 1. The maximum absolute atomic E-state index is 12.3. The van der Waals surface area contributed by atoms with Crippen molar-refractivity contribution in [3.63, 3.8) is 0 Å². The van der Waals surface area contributed by atoms with Gasteiger partial charge in [0, 0.05) is 38.4 Å². The first kappa shape index (κ1) is 18.1. The quantitative estimate of drug-likeness (QED) is 0.856. The topological polar surface area (TPSA) is 70.6 Å². The van der Waals surface area contributed by atoms with Gasteiger partial charge < -0.3 is 15.0 Å². The van der Waals surface area contributed by atoms with E-state index in [4.69, 9.17) is 4.74 Å². The van der Waals surface area contributed by atoms with E-state index in [1.807, 2.05) is 26.1 Å². The van der Waals surface area contributed by atoms with Crippen LogP contribution in [0.1, 0.15) is 31.4 Å². The molecule has 138 valence electrons. The van der Waals surface area contributed by atoms with Crippen molar-refractivity contribution < 1.29 is 9.53 Å². The zero-order valence-electron chi connectivity index (χ0n) is 15.3. The minimum absolute atomic E-state index is 0.113. The summed E-state index contributed by atoms with van der Waals surface area (Å²) in [6, 6.07) is 4.65. The van der Waals surface area contributed by atoms with Gasteiger partial charge in [0.05, 0.1) is 12.2 Å². The van der Waals surface area contributed by atoms with Gasteiger partial charge in [-0.25, -0.2) is 0 Å². The molecule has 1 aromatic heterocycles. The number of nitrogens with one attached hydrogen (secondary N) is 1. The second-order valence-electron chi connectivity index (χ2n) is 7.14. The number of piperidine rings is 1. The third-order valence-electron chi connectivity index (χ3n) is 5.11. The Bertz CT molecular complexity index is 559. The number of anilines is 1. The number of hydrogen-bond acceptors (Lipinski definition) is 6. The van der Waals surface area contributed by atoms with Crippen LogP contribution in [0, 0.1) is 6.92 Å². The van der Waals surface area contributed by atoms with E-state index in [0.29, 0.717) is 12.6 Å². The van der Waals surface area contributed by atoms with Crippen molar-refractivity contribution in [3.05, 3.63) is 17.8 Å². The predicted molar refractivity (Wildman–Crippen MR) is 96.6 cm³/mol. The molecule has 0 radical (unpaired) electrons. The van der Waals surface area contributed by atoms with Crippen molar-refractivity contribution in [2.45, 2.75) is 44.7 Å². The fraction of sp³-hybridized carbons (Fsp3) is 0.722. The number of hydrogen-bond donors (Lipinski definition) is 1. The number of nitrogens with zero attached hydrogens (tertiary/aromatic N) is 4. The van der Waals surface area contributed by atoms with Gasteiger partial charge in [0.1, 0.15) is 0 Å². The Kier molecular flexibility index (Phi) is 6.20. The first-order valence-electron chi connectivity index (χ1n) is 9.24. The lowest BCUT2D eigenvalue weighted by Crippen LogP contribution is -2.50. The standard InChI is InChI=1S/C18H29N5O2/c1-14-5-6-17(21-20-14)23-9-3-4-16(12-23)22(2)13-18(24)19-15-7-10-25-11-8-15/h5-6,15-16H,3-4,7-13H2,1-2H3,(H,19,24)/t16-/m1/s1. The maximum Gasteiger partial charge on any atom is 0.234 e. The van der Waals surface area contributed by atoms with E-state index in [1.54, 1.807) is 0 Å². The van der Waals surface area contributed by atoms with Crippen LogP contribution >= 0.6 is 0 Å². The van der Waals surface area contributed by atoms with E-state index in [0.717, 1.165) is 63.5 Å². The first-order chi connectivity index (χ1) is 12.1. The predicted octanol–water partition coefficient (Wildman–Crippen LogP) is 0.981. The zero-order valence-corrected chi connectivity index (χ0v) is 15.3. The summed E-state index contributed by atoms with van der Waals surface area (Å²) >= 11 is 0. The first-order valence-corrected chi connectivity index (χ1v) is 9.24. The molecular formula is C18H29N5O2. The monoisotopic (exact) mass is 347 g/mol. The van der Waals surface area contributed by atoms with Crippen LogP contribution in [0.4, 0.5) is 5.82 Å². The van der Waals surface area contributed by atoms with Crippen molar-refractivity contribution in [1.29, 1.82) is 0 Å². The highest BCUT2D eigenvalue weighted by molar-refractivity contribution is 5.78. The molecule has 0 bridgehead atoms. The molecule has 3 rings (SSSR count). The molecule has 1 atom stereocenters. The van der Waals surface area contributed by atoms with Gasteiger partial charge in [0.2, 0.25) is 5.91 Å². The molecule has 1 amide bonds. The Morgan fingerprint density at radius 3 is 2.84 bits per heavy atom. The van der Waals surface area contributed by atoms with Crippen LogP contribution in [0.25, 0.3) is 0 Å². The fourth-order valence-electron chi connectivity index (χ4n) is 3.55. The summed E-state index contributed by atoms with van der Waals surface area (Å²) in [5, 5.41) is 11.6. The van der Waals surface area contributed by atoms with Crippen LogP contribution < -0.4 is 10.2 Å². The molecule has 2 saturated heterocycles. The third-order valence-corrected chi connectivity index (χ3v) is 5.11. The highest BCUT2D eigenvalue weighted by Gasteiger charge is 2.26. The minimum atomic E-state index is 0.113. The lowest BCUT2D eigenvalue weighted by Gasteiger charge is -2.38. The largest absolute Gasteiger partial charge is 0.381 e. The summed E-state index contributed by atoms with van der Waals surface area (Å²) in [5.41, 5.74) is 0.930. The van der Waals surface area contributed by atoms with E-state index in [2.05, 4.69) is 25.3 Å². The summed E-state index contributed by atoms with van der Waals surface area (Å²) in [6.45, 7) is 5.76. The second kappa shape index (κ2) is 8.58. The van der Waals surface area contributed by atoms with E-state index in [1.165, 1.54) is 0 Å². The molecule has 7 heteroatoms. The number of aryl methyl sites for hydroxylation is 1. The van der Waals surface area contributed by atoms with Crippen LogP contribution in [0.2, 0.25) is 0 Å². The zero-order chi connectivity index (χ0) is 17.6. The lowest BCUT2D eigenvalue weighted by molar-refractivity contribution is -0.123. The Morgan fingerprint density at radius 1 is 1.32 bits per heavy atom. The van der Waals surface area contributed by atoms with Gasteiger partial charge in [-0.05, 0) is 51.8 Å². The minimum Gasteiger partial charge on any atom is -0.381 e. The Labute approximate surface area is 149 Å². The molecule has 0 saturated carbocycles. The van der Waals surface area contributed by atoms with Crippen LogP contribution in [-0.2, 0) is 9.53 Å². The number of carbonyl (C=O) groups excluding carboxylic acids is 1. The molecule has 0 aromatic carbocycles. The summed E-state index contributed by atoms with van der Waals surface area (Å²) in [6.07, 6.45) is 4.04. The van der Waals surface area contributed by atoms with Gasteiger partial charge in [0.25, 0.3) is 0 Å². The van der Waals surface area contributed by atoms with Crippen molar-refractivity contribution in [2.24, 2.45) is 0 Å². The SMILES string of the molecule is Cc1ccc(N2CCC[C@@H](N(C)CC(=O)NC3CCOCC3)C2)nn1. The van der Waals surface area contributed by atoms with Crippen LogP contribution in [0.15, 0.2) is 12.1 Å². The molecule has 0 aliphatic carbocycles. The average molecular weight is 347 g/mol. The Balaban J connectivity index is 1.50. The summed E-state index contributed by atoms with van der Waals surface area (Å²) in [5.74, 6) is 1.04. The van der Waals surface area contributed by atoms with Crippen LogP contribution in [-0.4, -0.2) is 73.0 Å². The van der Waals surface area contributed by atoms with E-state index < -0.39 is 0 Å². The lowest BCUT2D eigenvalue weighted by atomic mass is 10.0. The number of likely N-dealkylation sites (N-methyl/N-ethyl adjacent to an activating group) is 1. The van der Waals surface area contributed by atoms with E-state index in [-0.39, 0.29) is 11.9 Å². The molecule has 1 N–H and O–H groups in total. The molecule has 1 aromatic rings.